The Kier molecular flexibility index (Phi) is 4.46. The standard InChI is InChI=1S/C15H20ClFN2/c1-4-13(10(2)3)19-14-9-11(17)5-6-12(14)18-15(19)7-8-16/h5-6,9-10,13H,4,7-8H2,1-3H3. The van der Waals surface area contributed by atoms with Gasteiger partial charge in [-0.15, -0.1) is 11.6 Å². The average Bonchev–Trinajstić information content (AvgIpc) is 2.69. The van der Waals surface area contributed by atoms with Gasteiger partial charge in [0.1, 0.15) is 11.6 Å². The highest BCUT2D eigenvalue weighted by Gasteiger charge is 2.20. The summed E-state index contributed by atoms with van der Waals surface area (Å²) in [4.78, 5) is 4.61. The predicted molar refractivity (Wildman–Crippen MR) is 78.3 cm³/mol. The molecule has 1 heterocycles. The highest BCUT2D eigenvalue weighted by Crippen LogP contribution is 2.29. The predicted octanol–water partition coefficient (Wildman–Crippen LogP) is 4.56. The molecule has 0 aliphatic rings. The van der Waals surface area contributed by atoms with Crippen molar-refractivity contribution in [3.8, 4) is 0 Å². The number of fused-ring (bicyclic) bond motifs is 1. The first-order valence-corrected chi connectivity index (χ1v) is 7.34. The number of halogens is 2. The number of hydrogen-bond acceptors (Lipinski definition) is 1. The topological polar surface area (TPSA) is 17.8 Å². The van der Waals surface area contributed by atoms with E-state index in [1.165, 1.54) is 6.07 Å². The molecule has 4 heteroatoms. The summed E-state index contributed by atoms with van der Waals surface area (Å²) in [6.45, 7) is 6.52. The Hall–Kier alpha value is -1.09. The van der Waals surface area contributed by atoms with Gasteiger partial charge < -0.3 is 4.57 Å². The average molecular weight is 283 g/mol. The van der Waals surface area contributed by atoms with Crippen molar-refractivity contribution in [1.82, 2.24) is 9.55 Å². The quantitative estimate of drug-likeness (QED) is 0.735. The number of imidazole rings is 1. The maximum absolute atomic E-state index is 13.5. The molecule has 0 spiro atoms. The Morgan fingerprint density at radius 2 is 2.11 bits per heavy atom. The van der Waals surface area contributed by atoms with E-state index < -0.39 is 0 Å². The van der Waals surface area contributed by atoms with Crippen molar-refractivity contribution in [3.05, 3.63) is 29.8 Å². The van der Waals surface area contributed by atoms with Gasteiger partial charge in [0.05, 0.1) is 11.0 Å². The van der Waals surface area contributed by atoms with Gasteiger partial charge in [0, 0.05) is 18.3 Å². The minimum absolute atomic E-state index is 0.218. The molecule has 1 aromatic heterocycles. The van der Waals surface area contributed by atoms with Gasteiger partial charge in [-0.1, -0.05) is 20.8 Å². The Labute approximate surface area is 118 Å². The maximum atomic E-state index is 13.5. The Bertz CT molecular complexity index is 563. The van der Waals surface area contributed by atoms with Gasteiger partial charge in [-0.2, -0.15) is 0 Å². The van der Waals surface area contributed by atoms with Crippen molar-refractivity contribution in [3.63, 3.8) is 0 Å². The lowest BCUT2D eigenvalue weighted by Gasteiger charge is -2.24. The molecular formula is C15H20ClFN2. The van der Waals surface area contributed by atoms with Crippen LogP contribution in [0.5, 0.6) is 0 Å². The van der Waals surface area contributed by atoms with Gasteiger partial charge in [0.25, 0.3) is 0 Å². The zero-order valence-electron chi connectivity index (χ0n) is 11.7. The van der Waals surface area contributed by atoms with E-state index in [0.29, 0.717) is 24.3 Å². The maximum Gasteiger partial charge on any atom is 0.125 e. The molecule has 2 rings (SSSR count). The number of aromatic nitrogens is 2. The van der Waals surface area contributed by atoms with E-state index in [0.717, 1.165) is 23.3 Å². The first-order valence-electron chi connectivity index (χ1n) is 6.80. The molecule has 2 nitrogen and oxygen atoms in total. The van der Waals surface area contributed by atoms with Crippen molar-refractivity contribution >= 4 is 22.6 Å². The third-order valence-corrected chi connectivity index (χ3v) is 3.75. The zero-order valence-corrected chi connectivity index (χ0v) is 12.4. The van der Waals surface area contributed by atoms with Gasteiger partial charge in [0.15, 0.2) is 0 Å². The Balaban J connectivity index is 2.65. The van der Waals surface area contributed by atoms with Gasteiger partial charge in [-0.05, 0) is 30.5 Å². The van der Waals surface area contributed by atoms with E-state index in [-0.39, 0.29) is 5.82 Å². The van der Waals surface area contributed by atoms with Crippen LogP contribution in [0.25, 0.3) is 11.0 Å². The van der Waals surface area contributed by atoms with E-state index in [9.17, 15) is 4.39 Å². The smallest absolute Gasteiger partial charge is 0.125 e. The lowest BCUT2D eigenvalue weighted by atomic mass is 10.0. The first kappa shape index (κ1) is 14.3. The lowest BCUT2D eigenvalue weighted by molar-refractivity contribution is 0.365. The second kappa shape index (κ2) is 5.91. The van der Waals surface area contributed by atoms with Gasteiger partial charge in [-0.25, -0.2) is 9.37 Å². The van der Waals surface area contributed by atoms with Crippen LogP contribution in [0.3, 0.4) is 0 Å². The van der Waals surface area contributed by atoms with Crippen LogP contribution in [0.1, 0.15) is 39.1 Å². The Morgan fingerprint density at radius 1 is 1.37 bits per heavy atom. The van der Waals surface area contributed by atoms with Crippen LogP contribution >= 0.6 is 11.6 Å². The Morgan fingerprint density at radius 3 is 2.68 bits per heavy atom. The van der Waals surface area contributed by atoms with Crippen LogP contribution in [0, 0.1) is 11.7 Å². The molecule has 0 N–H and O–H groups in total. The summed E-state index contributed by atoms with van der Waals surface area (Å²) in [6.07, 6.45) is 1.70. The van der Waals surface area contributed by atoms with Crippen molar-refractivity contribution in [2.45, 2.75) is 39.7 Å². The molecule has 0 radical (unpaired) electrons. The summed E-state index contributed by atoms with van der Waals surface area (Å²) in [6, 6.07) is 5.10. The molecule has 0 saturated carbocycles. The number of benzene rings is 1. The van der Waals surface area contributed by atoms with Crippen molar-refractivity contribution in [1.29, 1.82) is 0 Å². The third-order valence-electron chi connectivity index (χ3n) is 3.56. The molecule has 1 atom stereocenters. The molecule has 2 aromatic rings. The molecule has 0 aliphatic heterocycles. The largest absolute Gasteiger partial charge is 0.324 e. The van der Waals surface area contributed by atoms with Crippen LogP contribution in [0.2, 0.25) is 0 Å². The number of rotatable bonds is 5. The van der Waals surface area contributed by atoms with Crippen LogP contribution < -0.4 is 0 Å². The van der Waals surface area contributed by atoms with Gasteiger partial charge in [0.2, 0.25) is 0 Å². The molecule has 0 aliphatic carbocycles. The van der Waals surface area contributed by atoms with Gasteiger partial charge in [-0.3, -0.25) is 0 Å². The molecular weight excluding hydrogens is 263 g/mol. The second-order valence-electron chi connectivity index (χ2n) is 5.19. The zero-order chi connectivity index (χ0) is 14.0. The number of nitrogens with zero attached hydrogens (tertiary/aromatic N) is 2. The van der Waals surface area contributed by atoms with E-state index in [1.54, 1.807) is 12.1 Å². The summed E-state index contributed by atoms with van der Waals surface area (Å²) >= 11 is 5.87. The summed E-state index contributed by atoms with van der Waals surface area (Å²) in [7, 11) is 0. The summed E-state index contributed by atoms with van der Waals surface area (Å²) in [5.74, 6) is 1.74. The van der Waals surface area contributed by atoms with Crippen LogP contribution in [-0.2, 0) is 6.42 Å². The van der Waals surface area contributed by atoms with E-state index in [1.807, 2.05) is 0 Å². The number of hydrogen-bond donors (Lipinski definition) is 0. The third kappa shape index (κ3) is 2.76. The number of alkyl halides is 1. The van der Waals surface area contributed by atoms with Crippen LogP contribution in [0.15, 0.2) is 18.2 Å². The fourth-order valence-corrected chi connectivity index (χ4v) is 2.87. The normalized spacial score (nSPS) is 13.4. The van der Waals surface area contributed by atoms with E-state index >= 15 is 0 Å². The molecule has 0 bridgehead atoms. The van der Waals surface area contributed by atoms with E-state index in [2.05, 4.69) is 30.3 Å². The molecule has 1 unspecified atom stereocenters. The van der Waals surface area contributed by atoms with E-state index in [4.69, 9.17) is 11.6 Å². The molecule has 1 aromatic carbocycles. The summed E-state index contributed by atoms with van der Waals surface area (Å²) < 4.78 is 15.7. The number of aryl methyl sites for hydroxylation is 1. The monoisotopic (exact) mass is 282 g/mol. The molecule has 19 heavy (non-hydrogen) atoms. The first-order chi connectivity index (χ1) is 9.08. The minimum atomic E-state index is -0.218. The summed E-state index contributed by atoms with van der Waals surface area (Å²) in [5.41, 5.74) is 1.72. The van der Waals surface area contributed by atoms with Crippen LogP contribution in [-0.4, -0.2) is 15.4 Å². The fourth-order valence-electron chi connectivity index (χ4n) is 2.70. The fraction of sp³-hybridized carbons (Fsp3) is 0.533. The minimum Gasteiger partial charge on any atom is -0.324 e. The highest BCUT2D eigenvalue weighted by atomic mass is 35.5. The van der Waals surface area contributed by atoms with Crippen molar-refractivity contribution in [2.75, 3.05) is 5.88 Å². The molecule has 0 fully saturated rings. The second-order valence-corrected chi connectivity index (χ2v) is 5.57. The molecule has 104 valence electrons. The van der Waals surface area contributed by atoms with Crippen molar-refractivity contribution < 1.29 is 4.39 Å². The van der Waals surface area contributed by atoms with Crippen LogP contribution in [0.4, 0.5) is 4.39 Å². The molecule has 0 saturated heterocycles. The highest BCUT2D eigenvalue weighted by molar-refractivity contribution is 6.17. The molecule has 0 amide bonds. The van der Waals surface area contributed by atoms with Gasteiger partial charge >= 0.3 is 0 Å². The SMILES string of the molecule is CCC(C(C)C)n1c(CCCl)nc2ccc(F)cc21. The summed E-state index contributed by atoms with van der Waals surface area (Å²) in [5, 5.41) is 0. The van der Waals surface area contributed by atoms with Crippen molar-refractivity contribution in [2.24, 2.45) is 5.92 Å². The lowest BCUT2D eigenvalue weighted by Crippen LogP contribution is -2.17.